The lowest BCUT2D eigenvalue weighted by atomic mass is 9.65. The SMILES string of the molecule is CCCNC(=O)[C@@H]1[C@H]2C(=O)N([C@@H](CO)C(C)C)C(C(=O)NC(C)C)C23CC[C@@]1(CC)O3. The van der Waals surface area contributed by atoms with Crippen LogP contribution in [0.5, 0.6) is 0 Å². The Morgan fingerprint density at radius 3 is 2.39 bits per heavy atom. The molecule has 0 aromatic rings. The van der Waals surface area contributed by atoms with Gasteiger partial charge in [-0.3, -0.25) is 14.4 Å². The predicted molar refractivity (Wildman–Crippen MR) is 116 cm³/mol. The third-order valence-corrected chi connectivity index (χ3v) is 7.44. The van der Waals surface area contributed by atoms with Crippen LogP contribution in [-0.4, -0.2) is 70.2 Å². The smallest absolute Gasteiger partial charge is 0.246 e. The second kappa shape index (κ2) is 8.70. The van der Waals surface area contributed by atoms with Crippen LogP contribution in [0.2, 0.25) is 0 Å². The third kappa shape index (κ3) is 3.55. The van der Waals surface area contributed by atoms with Gasteiger partial charge in [0.2, 0.25) is 17.7 Å². The summed E-state index contributed by atoms with van der Waals surface area (Å²) in [6, 6.07) is -1.48. The van der Waals surface area contributed by atoms with Crippen molar-refractivity contribution in [3.63, 3.8) is 0 Å². The lowest BCUT2D eigenvalue weighted by molar-refractivity contribution is -0.152. The standard InChI is InChI=1S/C23H39N3O5/c1-7-11-24-19(28)16-17-21(30)26(15(12-27)13(3)4)18(20(29)25-14(5)6)23(17)10-9-22(16,8-2)31-23/h13-18,27H,7-12H2,1-6H3,(H,24,28)(H,25,29)/t15-,16-,17-,18?,22+,23?/m0/s1. The van der Waals surface area contributed by atoms with Crippen molar-refractivity contribution >= 4 is 17.7 Å². The Bertz CT molecular complexity index is 726. The minimum absolute atomic E-state index is 0.0526. The van der Waals surface area contributed by atoms with Crippen molar-refractivity contribution < 1.29 is 24.2 Å². The normalized spacial score (nSPS) is 35.1. The van der Waals surface area contributed by atoms with Gasteiger partial charge in [0, 0.05) is 12.6 Å². The molecule has 3 N–H and O–H groups in total. The molecule has 3 fully saturated rings. The summed E-state index contributed by atoms with van der Waals surface area (Å²) in [4.78, 5) is 42.2. The molecule has 0 saturated carbocycles. The van der Waals surface area contributed by atoms with Gasteiger partial charge in [0.05, 0.1) is 30.1 Å². The summed E-state index contributed by atoms with van der Waals surface area (Å²) in [6.45, 7) is 11.9. The van der Waals surface area contributed by atoms with E-state index in [0.717, 1.165) is 6.42 Å². The van der Waals surface area contributed by atoms with Crippen LogP contribution >= 0.6 is 0 Å². The third-order valence-electron chi connectivity index (χ3n) is 7.44. The summed E-state index contributed by atoms with van der Waals surface area (Å²) in [6.07, 6.45) is 2.60. The van der Waals surface area contributed by atoms with E-state index in [1.807, 2.05) is 41.5 Å². The zero-order chi connectivity index (χ0) is 23.1. The maximum absolute atomic E-state index is 13.9. The van der Waals surface area contributed by atoms with Crippen molar-refractivity contribution in [2.75, 3.05) is 13.2 Å². The Hall–Kier alpha value is -1.67. The first-order chi connectivity index (χ1) is 14.6. The van der Waals surface area contributed by atoms with Crippen LogP contribution < -0.4 is 10.6 Å². The first kappa shape index (κ1) is 24.0. The quantitative estimate of drug-likeness (QED) is 0.503. The molecule has 3 aliphatic rings. The molecule has 0 aromatic carbocycles. The predicted octanol–water partition coefficient (Wildman–Crippen LogP) is 1.21. The number of fused-ring (bicyclic) bond motifs is 1. The van der Waals surface area contributed by atoms with E-state index in [0.29, 0.717) is 25.8 Å². The van der Waals surface area contributed by atoms with Crippen LogP contribution in [0.25, 0.3) is 0 Å². The monoisotopic (exact) mass is 437 g/mol. The summed E-state index contributed by atoms with van der Waals surface area (Å²) in [5.41, 5.74) is -1.77. The van der Waals surface area contributed by atoms with Crippen molar-refractivity contribution in [1.82, 2.24) is 15.5 Å². The topological polar surface area (TPSA) is 108 Å². The molecule has 2 bridgehead atoms. The maximum atomic E-state index is 13.9. The molecule has 6 atom stereocenters. The van der Waals surface area contributed by atoms with Gasteiger partial charge < -0.3 is 25.4 Å². The Kier molecular flexibility index (Phi) is 6.73. The second-order valence-corrected chi connectivity index (χ2v) is 10.0. The van der Waals surface area contributed by atoms with E-state index >= 15 is 0 Å². The van der Waals surface area contributed by atoms with Crippen LogP contribution in [0.15, 0.2) is 0 Å². The zero-order valence-corrected chi connectivity index (χ0v) is 19.7. The molecule has 0 aromatic heterocycles. The number of carbonyl (C=O) groups is 3. The van der Waals surface area contributed by atoms with E-state index in [9.17, 15) is 19.5 Å². The summed E-state index contributed by atoms with van der Waals surface area (Å²) < 4.78 is 6.66. The number of nitrogens with zero attached hydrogens (tertiary/aromatic N) is 1. The molecule has 176 valence electrons. The van der Waals surface area contributed by atoms with Crippen LogP contribution in [-0.2, 0) is 19.1 Å². The molecule has 3 amide bonds. The number of aliphatic hydroxyl groups is 1. The van der Waals surface area contributed by atoms with Gasteiger partial charge in [0.25, 0.3) is 0 Å². The van der Waals surface area contributed by atoms with E-state index < -0.39 is 35.1 Å². The van der Waals surface area contributed by atoms with Gasteiger partial charge in [0.15, 0.2) is 0 Å². The first-order valence-corrected chi connectivity index (χ1v) is 11.8. The van der Waals surface area contributed by atoms with Crippen molar-refractivity contribution in [3.05, 3.63) is 0 Å². The lowest BCUT2D eigenvalue weighted by Gasteiger charge is -2.39. The van der Waals surface area contributed by atoms with Crippen molar-refractivity contribution in [3.8, 4) is 0 Å². The van der Waals surface area contributed by atoms with Crippen LogP contribution in [0.1, 0.15) is 67.2 Å². The lowest BCUT2D eigenvalue weighted by Crippen LogP contribution is -2.59. The van der Waals surface area contributed by atoms with Gasteiger partial charge in [-0.05, 0) is 45.4 Å². The molecule has 3 aliphatic heterocycles. The van der Waals surface area contributed by atoms with E-state index in [-0.39, 0.29) is 36.3 Å². The number of likely N-dealkylation sites (tertiary alicyclic amines) is 1. The summed E-state index contributed by atoms with van der Waals surface area (Å²) in [5, 5.41) is 16.1. The highest BCUT2D eigenvalue weighted by atomic mass is 16.5. The fourth-order valence-corrected chi connectivity index (χ4v) is 6.05. The number of hydrogen-bond acceptors (Lipinski definition) is 5. The summed E-state index contributed by atoms with van der Waals surface area (Å²) in [5.74, 6) is -2.08. The summed E-state index contributed by atoms with van der Waals surface area (Å²) in [7, 11) is 0. The molecule has 3 saturated heterocycles. The van der Waals surface area contributed by atoms with Gasteiger partial charge in [-0.15, -0.1) is 0 Å². The average Bonchev–Trinajstić information content (AvgIpc) is 3.30. The molecule has 8 heteroatoms. The fourth-order valence-electron chi connectivity index (χ4n) is 6.05. The van der Waals surface area contributed by atoms with Crippen molar-refractivity contribution in [2.45, 2.75) is 96.6 Å². The van der Waals surface area contributed by atoms with Gasteiger partial charge in [-0.2, -0.15) is 0 Å². The Morgan fingerprint density at radius 2 is 1.87 bits per heavy atom. The molecular weight excluding hydrogens is 398 g/mol. The van der Waals surface area contributed by atoms with Crippen LogP contribution in [0, 0.1) is 17.8 Å². The number of hydrogen-bond donors (Lipinski definition) is 3. The number of ether oxygens (including phenoxy) is 1. The van der Waals surface area contributed by atoms with Crippen LogP contribution in [0.3, 0.4) is 0 Å². The highest BCUT2D eigenvalue weighted by molar-refractivity contribution is 5.99. The first-order valence-electron chi connectivity index (χ1n) is 11.8. The van der Waals surface area contributed by atoms with Gasteiger partial charge in [-0.25, -0.2) is 0 Å². The van der Waals surface area contributed by atoms with E-state index in [1.54, 1.807) is 0 Å². The highest BCUT2D eigenvalue weighted by Gasteiger charge is 2.79. The number of aliphatic hydroxyl groups excluding tert-OH is 1. The maximum Gasteiger partial charge on any atom is 0.246 e. The van der Waals surface area contributed by atoms with E-state index in [2.05, 4.69) is 10.6 Å². The average molecular weight is 438 g/mol. The van der Waals surface area contributed by atoms with Gasteiger partial charge >= 0.3 is 0 Å². The molecule has 1 spiro atoms. The Morgan fingerprint density at radius 1 is 1.19 bits per heavy atom. The number of nitrogens with one attached hydrogen (secondary N) is 2. The Labute approximate surface area is 185 Å². The number of rotatable bonds is 9. The molecule has 0 radical (unpaired) electrons. The van der Waals surface area contributed by atoms with Crippen molar-refractivity contribution in [1.29, 1.82) is 0 Å². The Balaban J connectivity index is 2.11. The molecule has 31 heavy (non-hydrogen) atoms. The zero-order valence-electron chi connectivity index (χ0n) is 19.7. The minimum Gasteiger partial charge on any atom is -0.394 e. The highest BCUT2D eigenvalue weighted by Crippen LogP contribution is 2.64. The molecule has 0 aliphatic carbocycles. The second-order valence-electron chi connectivity index (χ2n) is 10.0. The van der Waals surface area contributed by atoms with Crippen LogP contribution in [0.4, 0.5) is 0 Å². The minimum atomic E-state index is -1.04. The van der Waals surface area contributed by atoms with Gasteiger partial charge in [-0.1, -0.05) is 27.7 Å². The molecule has 8 nitrogen and oxygen atoms in total. The summed E-state index contributed by atoms with van der Waals surface area (Å²) >= 11 is 0. The van der Waals surface area contributed by atoms with Crippen molar-refractivity contribution in [2.24, 2.45) is 17.8 Å². The van der Waals surface area contributed by atoms with Gasteiger partial charge in [0.1, 0.15) is 11.6 Å². The fraction of sp³-hybridized carbons (Fsp3) is 0.870. The largest absolute Gasteiger partial charge is 0.394 e. The number of carbonyl (C=O) groups excluding carboxylic acids is 3. The number of amides is 3. The van der Waals surface area contributed by atoms with E-state index in [4.69, 9.17) is 4.74 Å². The van der Waals surface area contributed by atoms with E-state index in [1.165, 1.54) is 4.90 Å². The molecule has 2 unspecified atom stereocenters. The molecule has 3 heterocycles. The molecule has 3 rings (SSSR count). The molecular formula is C23H39N3O5.